The van der Waals surface area contributed by atoms with Crippen molar-refractivity contribution in [3.63, 3.8) is 0 Å². The van der Waals surface area contributed by atoms with E-state index in [2.05, 4.69) is 22.5 Å². The highest BCUT2D eigenvalue weighted by molar-refractivity contribution is 9.10. The number of halogens is 1. The molecule has 0 atom stereocenters. The molecular weight excluding hydrogens is 216 g/mol. The zero-order chi connectivity index (χ0) is 9.14. The number of allylic oxidation sites excluding steroid dienone is 1. The maximum Gasteiger partial charge on any atom is 0.150 e. The van der Waals surface area contributed by atoms with Crippen LogP contribution in [-0.2, 0) is 0 Å². The van der Waals surface area contributed by atoms with E-state index in [1.54, 1.807) is 6.07 Å². The third kappa shape index (κ3) is 2.05. The van der Waals surface area contributed by atoms with Crippen LogP contribution in [0.2, 0.25) is 0 Å². The minimum absolute atomic E-state index is 0.669. The van der Waals surface area contributed by atoms with Crippen LogP contribution in [0.1, 0.15) is 22.8 Å². The Morgan fingerprint density at radius 2 is 2.17 bits per heavy atom. The van der Waals surface area contributed by atoms with Crippen molar-refractivity contribution in [3.05, 3.63) is 40.4 Å². The van der Waals surface area contributed by atoms with E-state index >= 15 is 0 Å². The maximum atomic E-state index is 10.5. The van der Waals surface area contributed by atoms with Gasteiger partial charge < -0.3 is 0 Å². The first-order valence-corrected chi connectivity index (χ1v) is 4.34. The molecule has 0 N–H and O–H groups in total. The first-order valence-electron chi connectivity index (χ1n) is 3.55. The Morgan fingerprint density at radius 3 is 2.67 bits per heavy atom. The lowest BCUT2D eigenvalue weighted by atomic mass is 10.1. The molecule has 62 valence electrons. The summed E-state index contributed by atoms with van der Waals surface area (Å²) in [6.07, 6.45) is 0.831. The van der Waals surface area contributed by atoms with Crippen LogP contribution in [0.5, 0.6) is 0 Å². The van der Waals surface area contributed by atoms with Crippen molar-refractivity contribution in [2.45, 2.75) is 6.92 Å². The first-order chi connectivity index (χ1) is 5.63. The van der Waals surface area contributed by atoms with E-state index in [4.69, 9.17) is 0 Å². The van der Waals surface area contributed by atoms with Crippen molar-refractivity contribution < 1.29 is 4.79 Å². The largest absolute Gasteiger partial charge is 0.298 e. The molecule has 0 saturated carbocycles. The van der Waals surface area contributed by atoms with Gasteiger partial charge >= 0.3 is 0 Å². The Kier molecular flexibility index (Phi) is 2.82. The standard InChI is InChI=1S/C10H9BrO/c1-7(2)9-3-8(6-12)4-10(11)5-9/h3-6H,1H2,2H3. The van der Waals surface area contributed by atoms with Crippen molar-refractivity contribution in [2.75, 3.05) is 0 Å². The van der Waals surface area contributed by atoms with Gasteiger partial charge in [-0.05, 0) is 30.7 Å². The molecule has 0 saturated heterocycles. The van der Waals surface area contributed by atoms with E-state index in [1.807, 2.05) is 19.1 Å². The molecule has 0 aliphatic rings. The lowest BCUT2D eigenvalue weighted by molar-refractivity contribution is 0.112. The lowest BCUT2D eigenvalue weighted by Gasteiger charge is -2.01. The number of benzene rings is 1. The van der Waals surface area contributed by atoms with E-state index < -0.39 is 0 Å². The average molecular weight is 225 g/mol. The van der Waals surface area contributed by atoms with Crippen LogP contribution >= 0.6 is 15.9 Å². The Hall–Kier alpha value is -0.890. The topological polar surface area (TPSA) is 17.1 Å². The Bertz CT molecular complexity index is 329. The van der Waals surface area contributed by atoms with Crippen LogP contribution in [0.15, 0.2) is 29.3 Å². The van der Waals surface area contributed by atoms with E-state index in [1.165, 1.54) is 0 Å². The number of carbonyl (C=O) groups is 1. The number of hydrogen-bond donors (Lipinski definition) is 0. The van der Waals surface area contributed by atoms with Gasteiger partial charge in [0, 0.05) is 10.0 Å². The summed E-state index contributed by atoms with van der Waals surface area (Å²) in [5.74, 6) is 0. The van der Waals surface area contributed by atoms with Crippen molar-refractivity contribution in [1.29, 1.82) is 0 Å². The van der Waals surface area contributed by atoms with Crippen LogP contribution in [-0.4, -0.2) is 6.29 Å². The second-order valence-corrected chi connectivity index (χ2v) is 3.59. The molecule has 0 fully saturated rings. The molecule has 0 heterocycles. The van der Waals surface area contributed by atoms with Gasteiger partial charge in [-0.2, -0.15) is 0 Å². The quantitative estimate of drug-likeness (QED) is 0.705. The molecule has 0 radical (unpaired) electrons. The molecular formula is C10H9BrO. The SMILES string of the molecule is C=C(C)c1cc(Br)cc(C=O)c1. The fraction of sp³-hybridized carbons (Fsp3) is 0.100. The minimum atomic E-state index is 0.669. The summed E-state index contributed by atoms with van der Waals surface area (Å²) < 4.78 is 0.908. The summed E-state index contributed by atoms with van der Waals surface area (Å²) in [7, 11) is 0. The van der Waals surface area contributed by atoms with Gasteiger partial charge in [0.15, 0.2) is 0 Å². The highest BCUT2D eigenvalue weighted by Gasteiger charge is 1.98. The fourth-order valence-corrected chi connectivity index (χ4v) is 1.44. The van der Waals surface area contributed by atoms with Gasteiger partial charge in [0.1, 0.15) is 6.29 Å². The van der Waals surface area contributed by atoms with E-state index in [0.717, 1.165) is 21.9 Å². The number of carbonyl (C=O) groups excluding carboxylic acids is 1. The molecule has 1 aromatic carbocycles. The summed E-state index contributed by atoms with van der Waals surface area (Å²) in [5, 5.41) is 0. The third-order valence-corrected chi connectivity index (χ3v) is 2.01. The maximum absolute atomic E-state index is 10.5. The summed E-state index contributed by atoms with van der Waals surface area (Å²) in [6.45, 7) is 5.72. The van der Waals surface area contributed by atoms with E-state index in [9.17, 15) is 4.79 Å². The van der Waals surface area contributed by atoms with Crippen LogP contribution in [0, 0.1) is 0 Å². The van der Waals surface area contributed by atoms with Crippen LogP contribution in [0.3, 0.4) is 0 Å². The predicted molar refractivity (Wildman–Crippen MR) is 54.2 cm³/mol. The molecule has 0 unspecified atom stereocenters. The summed E-state index contributed by atoms with van der Waals surface area (Å²) in [6, 6.07) is 5.54. The van der Waals surface area contributed by atoms with Crippen LogP contribution < -0.4 is 0 Å². The van der Waals surface area contributed by atoms with Crippen LogP contribution in [0.4, 0.5) is 0 Å². The monoisotopic (exact) mass is 224 g/mol. The van der Waals surface area contributed by atoms with Gasteiger partial charge in [0.25, 0.3) is 0 Å². The van der Waals surface area contributed by atoms with E-state index in [0.29, 0.717) is 5.56 Å². The van der Waals surface area contributed by atoms with Crippen molar-refractivity contribution in [3.8, 4) is 0 Å². The molecule has 0 aliphatic carbocycles. The second-order valence-electron chi connectivity index (χ2n) is 2.67. The van der Waals surface area contributed by atoms with Gasteiger partial charge in [0.05, 0.1) is 0 Å². The molecule has 0 bridgehead atoms. The average Bonchev–Trinajstić information content (AvgIpc) is 2.03. The highest BCUT2D eigenvalue weighted by Crippen LogP contribution is 2.19. The minimum Gasteiger partial charge on any atom is -0.298 e. The molecule has 2 heteroatoms. The lowest BCUT2D eigenvalue weighted by Crippen LogP contribution is -1.84. The molecule has 1 rings (SSSR count). The summed E-state index contributed by atoms with van der Waals surface area (Å²) in [5.41, 5.74) is 2.62. The zero-order valence-electron chi connectivity index (χ0n) is 6.80. The third-order valence-electron chi connectivity index (χ3n) is 1.55. The van der Waals surface area contributed by atoms with Gasteiger partial charge in [-0.15, -0.1) is 0 Å². The molecule has 0 spiro atoms. The molecule has 0 aliphatic heterocycles. The first kappa shape index (κ1) is 9.20. The zero-order valence-corrected chi connectivity index (χ0v) is 8.39. The smallest absolute Gasteiger partial charge is 0.150 e. The summed E-state index contributed by atoms with van der Waals surface area (Å²) >= 11 is 3.32. The van der Waals surface area contributed by atoms with Gasteiger partial charge in [0.2, 0.25) is 0 Å². The van der Waals surface area contributed by atoms with E-state index in [-0.39, 0.29) is 0 Å². The molecule has 0 aromatic heterocycles. The van der Waals surface area contributed by atoms with Gasteiger partial charge in [-0.25, -0.2) is 0 Å². The fourth-order valence-electron chi connectivity index (χ4n) is 0.927. The Balaban J connectivity index is 3.23. The number of hydrogen-bond acceptors (Lipinski definition) is 1. The number of aldehydes is 1. The predicted octanol–water partition coefficient (Wildman–Crippen LogP) is 3.29. The Labute approximate surface area is 80.2 Å². The van der Waals surface area contributed by atoms with Gasteiger partial charge in [-0.3, -0.25) is 4.79 Å². The second kappa shape index (κ2) is 3.68. The Morgan fingerprint density at radius 1 is 1.50 bits per heavy atom. The van der Waals surface area contributed by atoms with Crippen molar-refractivity contribution in [1.82, 2.24) is 0 Å². The molecule has 1 nitrogen and oxygen atoms in total. The normalized spacial score (nSPS) is 9.50. The molecule has 0 amide bonds. The van der Waals surface area contributed by atoms with Crippen molar-refractivity contribution >= 4 is 27.8 Å². The molecule has 12 heavy (non-hydrogen) atoms. The summed E-state index contributed by atoms with van der Waals surface area (Å²) in [4.78, 5) is 10.5. The highest BCUT2D eigenvalue weighted by atomic mass is 79.9. The van der Waals surface area contributed by atoms with Crippen molar-refractivity contribution in [2.24, 2.45) is 0 Å². The molecule has 1 aromatic rings. The van der Waals surface area contributed by atoms with Crippen LogP contribution in [0.25, 0.3) is 5.57 Å². The van der Waals surface area contributed by atoms with Gasteiger partial charge in [-0.1, -0.05) is 28.1 Å². The number of rotatable bonds is 2.